The molecule has 1 saturated carbocycles. The van der Waals surface area contributed by atoms with Crippen LogP contribution in [0.2, 0.25) is 0 Å². The van der Waals surface area contributed by atoms with Crippen LogP contribution in [-0.2, 0) is 0 Å². The number of hydrogen-bond acceptors (Lipinski definition) is 0. The first-order valence-corrected chi connectivity index (χ1v) is 7.94. The third kappa shape index (κ3) is 5.90. The van der Waals surface area contributed by atoms with Crippen LogP contribution in [0.4, 0.5) is 0 Å². The minimum atomic E-state index is 0.678. The highest BCUT2D eigenvalue weighted by Gasteiger charge is 2.24. The lowest BCUT2D eigenvalue weighted by molar-refractivity contribution is 0.232. The SMILES string of the molecule is CCCC[N]C(CC(C)CC)C1CCCCC1. The van der Waals surface area contributed by atoms with E-state index >= 15 is 0 Å². The summed E-state index contributed by atoms with van der Waals surface area (Å²) in [5.41, 5.74) is 0. The van der Waals surface area contributed by atoms with Gasteiger partial charge in [-0.15, -0.1) is 0 Å². The van der Waals surface area contributed by atoms with E-state index in [1.54, 1.807) is 0 Å². The molecule has 0 saturated heterocycles. The van der Waals surface area contributed by atoms with Crippen molar-refractivity contribution in [1.82, 2.24) is 5.32 Å². The highest BCUT2D eigenvalue weighted by atomic mass is 14.9. The average molecular weight is 238 g/mol. The van der Waals surface area contributed by atoms with Crippen molar-refractivity contribution < 1.29 is 0 Å². The van der Waals surface area contributed by atoms with Gasteiger partial charge in [0.1, 0.15) is 0 Å². The number of hydrogen-bond donors (Lipinski definition) is 0. The molecule has 0 bridgehead atoms. The Hall–Kier alpha value is -0.0400. The molecule has 0 aromatic carbocycles. The summed E-state index contributed by atoms with van der Waals surface area (Å²) in [6.45, 7) is 8.08. The van der Waals surface area contributed by atoms with E-state index in [0.29, 0.717) is 6.04 Å². The Bertz CT molecular complexity index is 172. The maximum atomic E-state index is 5.03. The molecule has 1 radical (unpaired) electrons. The summed E-state index contributed by atoms with van der Waals surface area (Å²) < 4.78 is 0. The zero-order valence-electron chi connectivity index (χ0n) is 12.3. The lowest BCUT2D eigenvalue weighted by Crippen LogP contribution is -2.34. The first-order valence-electron chi connectivity index (χ1n) is 7.94. The van der Waals surface area contributed by atoms with Gasteiger partial charge >= 0.3 is 0 Å². The molecule has 0 heterocycles. The van der Waals surface area contributed by atoms with Crippen molar-refractivity contribution in [3.8, 4) is 0 Å². The topological polar surface area (TPSA) is 14.1 Å². The Morgan fingerprint density at radius 1 is 1.12 bits per heavy atom. The van der Waals surface area contributed by atoms with Crippen LogP contribution in [0.1, 0.15) is 78.6 Å². The van der Waals surface area contributed by atoms with Crippen LogP contribution in [0.5, 0.6) is 0 Å². The zero-order valence-corrected chi connectivity index (χ0v) is 12.3. The van der Waals surface area contributed by atoms with Crippen molar-refractivity contribution in [2.24, 2.45) is 11.8 Å². The molecule has 0 aliphatic heterocycles. The third-order valence-corrected chi connectivity index (χ3v) is 4.41. The molecule has 1 heteroatoms. The van der Waals surface area contributed by atoms with Crippen LogP contribution in [0, 0.1) is 11.8 Å². The second-order valence-corrected chi connectivity index (χ2v) is 5.97. The van der Waals surface area contributed by atoms with Crippen molar-refractivity contribution >= 4 is 0 Å². The van der Waals surface area contributed by atoms with Crippen LogP contribution < -0.4 is 5.32 Å². The van der Waals surface area contributed by atoms with Crippen LogP contribution in [0.25, 0.3) is 0 Å². The summed E-state index contributed by atoms with van der Waals surface area (Å²) in [7, 11) is 0. The summed E-state index contributed by atoms with van der Waals surface area (Å²) in [5.74, 6) is 1.77. The van der Waals surface area contributed by atoms with Crippen LogP contribution >= 0.6 is 0 Å². The van der Waals surface area contributed by atoms with E-state index in [0.717, 1.165) is 18.4 Å². The fraction of sp³-hybridized carbons (Fsp3) is 1.00. The van der Waals surface area contributed by atoms with Gasteiger partial charge in [0.25, 0.3) is 0 Å². The van der Waals surface area contributed by atoms with E-state index < -0.39 is 0 Å². The molecule has 1 fully saturated rings. The Morgan fingerprint density at radius 2 is 1.82 bits per heavy atom. The van der Waals surface area contributed by atoms with Gasteiger partial charge in [0, 0.05) is 12.6 Å². The molecule has 2 atom stereocenters. The quantitative estimate of drug-likeness (QED) is 0.541. The van der Waals surface area contributed by atoms with Crippen LogP contribution in [0.3, 0.4) is 0 Å². The third-order valence-electron chi connectivity index (χ3n) is 4.41. The summed E-state index contributed by atoms with van der Waals surface area (Å²) in [6, 6.07) is 0.678. The first-order chi connectivity index (χ1) is 8.27. The molecule has 0 spiro atoms. The number of nitrogens with zero attached hydrogens (tertiary/aromatic N) is 1. The predicted molar refractivity (Wildman–Crippen MR) is 76.3 cm³/mol. The molecule has 1 aliphatic rings. The molecule has 0 amide bonds. The van der Waals surface area contributed by atoms with E-state index in [2.05, 4.69) is 20.8 Å². The van der Waals surface area contributed by atoms with Gasteiger partial charge in [-0.05, 0) is 37.5 Å². The van der Waals surface area contributed by atoms with E-state index in [1.807, 2.05) is 0 Å². The minimum Gasteiger partial charge on any atom is -0.238 e. The highest BCUT2D eigenvalue weighted by molar-refractivity contribution is 4.80. The molecule has 0 aromatic heterocycles. The summed E-state index contributed by atoms with van der Waals surface area (Å²) >= 11 is 0. The fourth-order valence-corrected chi connectivity index (χ4v) is 2.93. The lowest BCUT2D eigenvalue weighted by atomic mass is 9.80. The van der Waals surface area contributed by atoms with E-state index in [1.165, 1.54) is 57.8 Å². The van der Waals surface area contributed by atoms with Gasteiger partial charge in [0.05, 0.1) is 0 Å². The van der Waals surface area contributed by atoms with Gasteiger partial charge in [0.2, 0.25) is 0 Å². The van der Waals surface area contributed by atoms with E-state index in [-0.39, 0.29) is 0 Å². The van der Waals surface area contributed by atoms with Gasteiger partial charge in [-0.1, -0.05) is 52.9 Å². The molecule has 1 nitrogen and oxygen atoms in total. The molecule has 101 valence electrons. The van der Waals surface area contributed by atoms with Crippen LogP contribution in [0.15, 0.2) is 0 Å². The Balaban J connectivity index is 2.38. The van der Waals surface area contributed by atoms with Gasteiger partial charge < -0.3 is 0 Å². The Kier molecular flexibility index (Phi) is 7.92. The first kappa shape index (κ1) is 15.0. The molecule has 17 heavy (non-hydrogen) atoms. The highest BCUT2D eigenvalue weighted by Crippen LogP contribution is 2.30. The molecular formula is C16H32N. The summed E-state index contributed by atoms with van der Waals surface area (Å²) in [5, 5.41) is 5.03. The zero-order chi connectivity index (χ0) is 12.5. The Morgan fingerprint density at radius 3 is 2.41 bits per heavy atom. The summed E-state index contributed by atoms with van der Waals surface area (Å²) in [6.07, 6.45) is 12.5. The lowest BCUT2D eigenvalue weighted by Gasteiger charge is -2.31. The maximum Gasteiger partial charge on any atom is 0.0276 e. The van der Waals surface area contributed by atoms with Gasteiger partial charge in [-0.3, -0.25) is 0 Å². The van der Waals surface area contributed by atoms with Gasteiger partial charge in [-0.2, -0.15) is 0 Å². The Labute approximate surface area is 109 Å². The van der Waals surface area contributed by atoms with E-state index in [4.69, 9.17) is 5.32 Å². The van der Waals surface area contributed by atoms with Gasteiger partial charge in [-0.25, -0.2) is 5.32 Å². The predicted octanol–water partition coefficient (Wildman–Crippen LogP) is 4.78. The van der Waals surface area contributed by atoms with Crippen molar-refractivity contribution in [1.29, 1.82) is 0 Å². The smallest absolute Gasteiger partial charge is 0.0276 e. The van der Waals surface area contributed by atoms with Crippen LogP contribution in [-0.4, -0.2) is 12.6 Å². The van der Waals surface area contributed by atoms with Gasteiger partial charge in [0.15, 0.2) is 0 Å². The molecular weight excluding hydrogens is 206 g/mol. The second kappa shape index (κ2) is 8.97. The average Bonchev–Trinajstić information content (AvgIpc) is 2.38. The van der Waals surface area contributed by atoms with Crippen molar-refractivity contribution in [2.75, 3.05) is 6.54 Å². The fourth-order valence-electron chi connectivity index (χ4n) is 2.93. The molecule has 0 N–H and O–H groups in total. The molecule has 1 aliphatic carbocycles. The minimum absolute atomic E-state index is 0.678. The van der Waals surface area contributed by atoms with Crippen molar-refractivity contribution in [3.63, 3.8) is 0 Å². The van der Waals surface area contributed by atoms with E-state index in [9.17, 15) is 0 Å². The maximum absolute atomic E-state index is 5.03. The largest absolute Gasteiger partial charge is 0.238 e. The molecule has 2 unspecified atom stereocenters. The van der Waals surface area contributed by atoms with Crippen molar-refractivity contribution in [2.45, 2.75) is 84.6 Å². The monoisotopic (exact) mass is 238 g/mol. The molecule has 0 aromatic rings. The standard InChI is InChI=1S/C16H32N/c1-4-6-12-17-16(13-14(3)5-2)15-10-8-7-9-11-15/h14-16H,4-13H2,1-3H3. The number of rotatable bonds is 8. The summed E-state index contributed by atoms with van der Waals surface area (Å²) in [4.78, 5) is 0. The number of unbranched alkanes of at least 4 members (excludes halogenated alkanes) is 1. The molecule has 1 rings (SSSR count). The second-order valence-electron chi connectivity index (χ2n) is 5.97. The normalized spacial score (nSPS) is 21.4. The van der Waals surface area contributed by atoms with Crippen molar-refractivity contribution in [3.05, 3.63) is 0 Å².